The zero-order valence-corrected chi connectivity index (χ0v) is 14.2. The molecule has 0 aliphatic heterocycles. The van der Waals surface area contributed by atoms with Crippen molar-refractivity contribution in [3.05, 3.63) is 64.1 Å². The average Bonchev–Trinajstić information content (AvgIpc) is 2.58. The standard InChI is InChI=1S/C17H17BrN2O3/c1-2-11-23-15-6-4-3-5-14(15)17(22)20-19-16(21)12-7-9-13(18)10-8-12/h3-10H,2,11H2,1H3,(H,19,21)(H,20,22). The highest BCUT2D eigenvalue weighted by Crippen LogP contribution is 2.17. The number of benzene rings is 2. The number of hydrogen-bond acceptors (Lipinski definition) is 3. The maximum Gasteiger partial charge on any atom is 0.273 e. The summed E-state index contributed by atoms with van der Waals surface area (Å²) in [6, 6.07) is 13.7. The second kappa shape index (κ2) is 8.33. The van der Waals surface area contributed by atoms with Gasteiger partial charge in [-0.15, -0.1) is 0 Å². The molecule has 0 radical (unpaired) electrons. The number of rotatable bonds is 5. The number of ether oxygens (including phenoxy) is 1. The number of carbonyl (C=O) groups excluding carboxylic acids is 2. The molecule has 0 heterocycles. The van der Waals surface area contributed by atoms with Crippen LogP contribution in [-0.2, 0) is 0 Å². The number of hydrogen-bond donors (Lipinski definition) is 2. The Balaban J connectivity index is 1.99. The van der Waals surface area contributed by atoms with E-state index in [2.05, 4.69) is 26.8 Å². The molecule has 5 nitrogen and oxygen atoms in total. The molecule has 6 heteroatoms. The van der Waals surface area contributed by atoms with Crippen molar-refractivity contribution in [2.24, 2.45) is 0 Å². The topological polar surface area (TPSA) is 67.4 Å². The highest BCUT2D eigenvalue weighted by Gasteiger charge is 2.13. The van der Waals surface area contributed by atoms with Gasteiger partial charge in [-0.25, -0.2) is 0 Å². The van der Waals surface area contributed by atoms with Gasteiger partial charge in [-0.05, 0) is 42.8 Å². The van der Waals surface area contributed by atoms with Crippen LogP contribution in [0, 0.1) is 0 Å². The van der Waals surface area contributed by atoms with Gasteiger partial charge in [0.05, 0.1) is 12.2 Å². The molecule has 2 aromatic carbocycles. The lowest BCUT2D eigenvalue weighted by Gasteiger charge is -2.11. The zero-order valence-electron chi connectivity index (χ0n) is 12.6. The highest BCUT2D eigenvalue weighted by atomic mass is 79.9. The molecule has 0 saturated heterocycles. The number of carbonyl (C=O) groups is 2. The van der Waals surface area contributed by atoms with Crippen LogP contribution in [0.4, 0.5) is 0 Å². The first-order valence-electron chi connectivity index (χ1n) is 7.20. The lowest BCUT2D eigenvalue weighted by molar-refractivity contribution is 0.0844. The third kappa shape index (κ3) is 4.82. The van der Waals surface area contributed by atoms with Gasteiger partial charge >= 0.3 is 0 Å². The van der Waals surface area contributed by atoms with Gasteiger partial charge in [0, 0.05) is 10.0 Å². The molecule has 0 fully saturated rings. The minimum absolute atomic E-state index is 0.372. The largest absolute Gasteiger partial charge is 0.493 e. The van der Waals surface area contributed by atoms with Crippen molar-refractivity contribution in [2.45, 2.75) is 13.3 Å². The molecule has 2 aromatic rings. The van der Waals surface area contributed by atoms with Crippen molar-refractivity contribution in [2.75, 3.05) is 6.61 Å². The molecular weight excluding hydrogens is 360 g/mol. The number of hydrazine groups is 1. The highest BCUT2D eigenvalue weighted by molar-refractivity contribution is 9.10. The summed E-state index contributed by atoms with van der Waals surface area (Å²) in [4.78, 5) is 24.2. The Hall–Kier alpha value is -2.34. The minimum Gasteiger partial charge on any atom is -0.493 e. The fraction of sp³-hybridized carbons (Fsp3) is 0.176. The molecule has 0 aromatic heterocycles. The maximum absolute atomic E-state index is 12.2. The van der Waals surface area contributed by atoms with E-state index in [1.807, 2.05) is 6.92 Å². The summed E-state index contributed by atoms with van der Waals surface area (Å²) in [5, 5.41) is 0. The summed E-state index contributed by atoms with van der Waals surface area (Å²) in [7, 11) is 0. The van der Waals surface area contributed by atoms with Gasteiger partial charge in [0.1, 0.15) is 5.75 Å². The molecule has 0 aliphatic carbocycles. The van der Waals surface area contributed by atoms with E-state index in [1.54, 1.807) is 48.5 Å². The van der Waals surface area contributed by atoms with Crippen LogP contribution in [0.1, 0.15) is 34.1 Å². The molecule has 0 spiro atoms. The first-order chi connectivity index (χ1) is 11.1. The smallest absolute Gasteiger partial charge is 0.273 e. The van der Waals surface area contributed by atoms with Crippen molar-refractivity contribution >= 4 is 27.7 Å². The lowest BCUT2D eigenvalue weighted by Crippen LogP contribution is -2.41. The van der Waals surface area contributed by atoms with Crippen LogP contribution >= 0.6 is 15.9 Å². The van der Waals surface area contributed by atoms with Gasteiger partial charge in [-0.2, -0.15) is 0 Å². The summed E-state index contributed by atoms with van der Waals surface area (Å²) in [5.74, 6) is -0.329. The molecule has 120 valence electrons. The summed E-state index contributed by atoms with van der Waals surface area (Å²) >= 11 is 3.30. The molecule has 0 unspecified atom stereocenters. The number of halogens is 1. The quantitative estimate of drug-likeness (QED) is 0.786. The molecule has 0 atom stereocenters. The van der Waals surface area contributed by atoms with Crippen LogP contribution in [0.15, 0.2) is 53.0 Å². The average molecular weight is 377 g/mol. The fourth-order valence-corrected chi connectivity index (χ4v) is 2.11. The molecule has 2 amide bonds. The summed E-state index contributed by atoms with van der Waals surface area (Å²) in [6.07, 6.45) is 0.844. The third-order valence-electron chi connectivity index (χ3n) is 2.99. The van der Waals surface area contributed by atoms with Crippen LogP contribution in [0.3, 0.4) is 0 Å². The second-order valence-corrected chi connectivity index (χ2v) is 5.68. The monoisotopic (exact) mass is 376 g/mol. The van der Waals surface area contributed by atoms with E-state index in [9.17, 15) is 9.59 Å². The predicted octanol–water partition coefficient (Wildman–Crippen LogP) is 3.31. The van der Waals surface area contributed by atoms with Crippen molar-refractivity contribution in [3.63, 3.8) is 0 Å². The van der Waals surface area contributed by atoms with E-state index in [-0.39, 0.29) is 0 Å². The Morgan fingerprint density at radius 1 is 1.00 bits per heavy atom. The van der Waals surface area contributed by atoms with Gasteiger partial charge < -0.3 is 4.74 Å². The van der Waals surface area contributed by atoms with Crippen LogP contribution in [0.25, 0.3) is 0 Å². The normalized spacial score (nSPS) is 10.0. The number of para-hydroxylation sites is 1. The van der Waals surface area contributed by atoms with E-state index in [1.165, 1.54) is 0 Å². The SMILES string of the molecule is CCCOc1ccccc1C(=O)NNC(=O)c1ccc(Br)cc1. The molecule has 0 saturated carbocycles. The summed E-state index contributed by atoms with van der Waals surface area (Å²) in [5.41, 5.74) is 5.61. The van der Waals surface area contributed by atoms with Crippen LogP contribution in [0.2, 0.25) is 0 Å². The molecule has 2 rings (SSSR count). The van der Waals surface area contributed by atoms with Gasteiger partial charge in [0.15, 0.2) is 0 Å². The Kier molecular flexibility index (Phi) is 6.17. The summed E-state index contributed by atoms with van der Waals surface area (Å²) in [6.45, 7) is 2.51. The van der Waals surface area contributed by atoms with Crippen LogP contribution in [-0.4, -0.2) is 18.4 Å². The molecule has 23 heavy (non-hydrogen) atoms. The predicted molar refractivity (Wildman–Crippen MR) is 91.3 cm³/mol. The van der Waals surface area contributed by atoms with Crippen LogP contribution in [0.5, 0.6) is 5.75 Å². The van der Waals surface area contributed by atoms with Gasteiger partial charge in [0.2, 0.25) is 0 Å². The van der Waals surface area contributed by atoms with Crippen molar-refractivity contribution < 1.29 is 14.3 Å². The minimum atomic E-state index is -0.429. The lowest BCUT2D eigenvalue weighted by atomic mass is 10.2. The maximum atomic E-state index is 12.2. The Morgan fingerprint density at radius 3 is 2.35 bits per heavy atom. The van der Waals surface area contributed by atoms with E-state index in [0.29, 0.717) is 23.5 Å². The first-order valence-corrected chi connectivity index (χ1v) is 7.99. The van der Waals surface area contributed by atoms with Crippen LogP contribution < -0.4 is 15.6 Å². The number of amides is 2. The first kappa shape index (κ1) is 17.0. The molecule has 0 bridgehead atoms. The van der Waals surface area contributed by atoms with Crippen molar-refractivity contribution in [1.82, 2.24) is 10.9 Å². The third-order valence-corrected chi connectivity index (χ3v) is 3.52. The zero-order chi connectivity index (χ0) is 16.7. The van der Waals surface area contributed by atoms with E-state index in [0.717, 1.165) is 10.9 Å². The van der Waals surface area contributed by atoms with E-state index >= 15 is 0 Å². The molecular formula is C17H17BrN2O3. The fourth-order valence-electron chi connectivity index (χ4n) is 1.85. The van der Waals surface area contributed by atoms with Gasteiger partial charge in [-0.1, -0.05) is 35.0 Å². The Morgan fingerprint density at radius 2 is 1.65 bits per heavy atom. The Labute approximate surface area is 143 Å². The van der Waals surface area contributed by atoms with E-state index < -0.39 is 11.8 Å². The second-order valence-electron chi connectivity index (χ2n) is 4.76. The number of nitrogens with one attached hydrogen (secondary N) is 2. The molecule has 2 N–H and O–H groups in total. The van der Waals surface area contributed by atoms with Gasteiger partial charge in [0.25, 0.3) is 11.8 Å². The van der Waals surface area contributed by atoms with E-state index in [4.69, 9.17) is 4.74 Å². The molecule has 0 aliphatic rings. The Bertz CT molecular complexity index is 686. The van der Waals surface area contributed by atoms with Crippen molar-refractivity contribution in [1.29, 1.82) is 0 Å². The summed E-state index contributed by atoms with van der Waals surface area (Å²) < 4.78 is 6.41. The van der Waals surface area contributed by atoms with Crippen molar-refractivity contribution in [3.8, 4) is 5.75 Å². The van der Waals surface area contributed by atoms with Gasteiger partial charge in [-0.3, -0.25) is 20.4 Å².